The van der Waals surface area contributed by atoms with Gasteiger partial charge in [-0.3, -0.25) is 0 Å². The summed E-state index contributed by atoms with van der Waals surface area (Å²) < 4.78 is 5.54. The maximum atomic E-state index is 9.96. The molecule has 0 aromatic heterocycles. The summed E-state index contributed by atoms with van der Waals surface area (Å²) in [6.07, 6.45) is 4.69. The molecule has 0 bridgehead atoms. The summed E-state index contributed by atoms with van der Waals surface area (Å²) in [6.45, 7) is 1.69. The standard InChI is InChI=1S/C15H23NO2/c16-10-13-4-6-14(7-5-13)15(17)11-18-9-8-12-2-1-3-12/h4-7,12,15,17H,1-3,8-11,16H2. The topological polar surface area (TPSA) is 55.5 Å². The molecule has 0 spiro atoms. The molecule has 0 saturated heterocycles. The summed E-state index contributed by atoms with van der Waals surface area (Å²) >= 11 is 0. The number of hydrogen-bond acceptors (Lipinski definition) is 3. The molecule has 0 amide bonds. The van der Waals surface area contributed by atoms with E-state index in [-0.39, 0.29) is 0 Å². The van der Waals surface area contributed by atoms with Gasteiger partial charge in [0.1, 0.15) is 6.10 Å². The molecule has 1 saturated carbocycles. The normalized spacial score (nSPS) is 17.4. The maximum absolute atomic E-state index is 9.96. The van der Waals surface area contributed by atoms with Gasteiger partial charge >= 0.3 is 0 Å². The molecule has 0 heterocycles. The monoisotopic (exact) mass is 249 g/mol. The van der Waals surface area contributed by atoms with Crippen LogP contribution < -0.4 is 5.73 Å². The summed E-state index contributed by atoms with van der Waals surface area (Å²) in [4.78, 5) is 0. The molecule has 1 aliphatic carbocycles. The van der Waals surface area contributed by atoms with Crippen LogP contribution >= 0.6 is 0 Å². The SMILES string of the molecule is NCc1ccc(C(O)COCCC2CCC2)cc1. The molecule has 1 fully saturated rings. The first kappa shape index (κ1) is 13.5. The highest BCUT2D eigenvalue weighted by Gasteiger charge is 2.17. The largest absolute Gasteiger partial charge is 0.386 e. The molecule has 3 heteroatoms. The molecule has 1 atom stereocenters. The summed E-state index contributed by atoms with van der Waals surface area (Å²) in [7, 11) is 0. The van der Waals surface area contributed by atoms with Gasteiger partial charge in [0, 0.05) is 13.2 Å². The van der Waals surface area contributed by atoms with E-state index in [1.807, 2.05) is 24.3 Å². The molecule has 1 aromatic rings. The van der Waals surface area contributed by atoms with E-state index in [4.69, 9.17) is 10.5 Å². The van der Waals surface area contributed by atoms with E-state index in [2.05, 4.69) is 0 Å². The van der Waals surface area contributed by atoms with Crippen molar-refractivity contribution in [1.29, 1.82) is 0 Å². The van der Waals surface area contributed by atoms with E-state index in [0.717, 1.165) is 30.1 Å². The fourth-order valence-corrected chi connectivity index (χ4v) is 2.20. The van der Waals surface area contributed by atoms with Gasteiger partial charge in [-0.05, 0) is 23.5 Å². The van der Waals surface area contributed by atoms with Gasteiger partial charge in [0.2, 0.25) is 0 Å². The number of benzene rings is 1. The van der Waals surface area contributed by atoms with Gasteiger partial charge in [-0.2, -0.15) is 0 Å². The lowest BCUT2D eigenvalue weighted by molar-refractivity contribution is 0.0266. The number of aliphatic hydroxyl groups is 1. The average molecular weight is 249 g/mol. The van der Waals surface area contributed by atoms with Crippen molar-refractivity contribution >= 4 is 0 Å². The Balaban J connectivity index is 1.67. The van der Waals surface area contributed by atoms with E-state index in [9.17, 15) is 5.11 Å². The molecule has 18 heavy (non-hydrogen) atoms. The second-order valence-corrected chi connectivity index (χ2v) is 5.12. The highest BCUT2D eigenvalue weighted by molar-refractivity contribution is 5.23. The zero-order valence-corrected chi connectivity index (χ0v) is 10.8. The van der Waals surface area contributed by atoms with Crippen molar-refractivity contribution in [2.24, 2.45) is 11.7 Å². The van der Waals surface area contributed by atoms with Crippen LogP contribution in [0.2, 0.25) is 0 Å². The first-order valence-electron chi connectivity index (χ1n) is 6.84. The summed E-state index contributed by atoms with van der Waals surface area (Å²) in [5, 5.41) is 9.96. The second kappa shape index (κ2) is 6.88. The minimum absolute atomic E-state index is 0.384. The van der Waals surface area contributed by atoms with Crippen molar-refractivity contribution in [2.75, 3.05) is 13.2 Å². The molecule has 1 unspecified atom stereocenters. The Morgan fingerprint density at radius 3 is 2.56 bits per heavy atom. The third-order valence-corrected chi connectivity index (χ3v) is 3.77. The predicted octanol–water partition coefficient (Wildman–Crippen LogP) is 2.39. The zero-order valence-electron chi connectivity index (χ0n) is 10.8. The van der Waals surface area contributed by atoms with Crippen LogP contribution in [0.3, 0.4) is 0 Å². The Bertz CT molecular complexity index is 346. The van der Waals surface area contributed by atoms with Gasteiger partial charge in [0.25, 0.3) is 0 Å². The highest BCUT2D eigenvalue weighted by Crippen LogP contribution is 2.29. The third-order valence-electron chi connectivity index (χ3n) is 3.77. The molecule has 2 rings (SSSR count). The van der Waals surface area contributed by atoms with Gasteiger partial charge in [0.15, 0.2) is 0 Å². The zero-order chi connectivity index (χ0) is 12.8. The van der Waals surface area contributed by atoms with Crippen LogP contribution in [0.15, 0.2) is 24.3 Å². The molecule has 1 aromatic carbocycles. The van der Waals surface area contributed by atoms with Gasteiger partial charge in [-0.15, -0.1) is 0 Å². The molecule has 3 N–H and O–H groups in total. The van der Waals surface area contributed by atoms with Gasteiger partial charge in [-0.1, -0.05) is 43.5 Å². The quantitative estimate of drug-likeness (QED) is 0.729. The molecule has 3 nitrogen and oxygen atoms in total. The van der Waals surface area contributed by atoms with Crippen LogP contribution in [0.1, 0.15) is 42.9 Å². The van der Waals surface area contributed by atoms with Crippen molar-refractivity contribution in [3.8, 4) is 0 Å². The van der Waals surface area contributed by atoms with Crippen LogP contribution in [0.25, 0.3) is 0 Å². The lowest BCUT2D eigenvalue weighted by Crippen LogP contribution is -2.15. The number of rotatable bonds is 7. The predicted molar refractivity (Wildman–Crippen MR) is 72.1 cm³/mol. The average Bonchev–Trinajstić information content (AvgIpc) is 2.36. The molecular weight excluding hydrogens is 226 g/mol. The van der Waals surface area contributed by atoms with E-state index in [1.54, 1.807) is 0 Å². The molecular formula is C15H23NO2. The van der Waals surface area contributed by atoms with Gasteiger partial charge in [0.05, 0.1) is 6.61 Å². The molecule has 0 aliphatic heterocycles. The minimum Gasteiger partial charge on any atom is -0.386 e. The number of ether oxygens (including phenoxy) is 1. The number of aliphatic hydroxyl groups excluding tert-OH is 1. The highest BCUT2D eigenvalue weighted by atomic mass is 16.5. The Labute approximate surface area is 109 Å². The van der Waals surface area contributed by atoms with Crippen LogP contribution in [-0.4, -0.2) is 18.3 Å². The molecule has 1 aliphatic rings. The molecule has 0 radical (unpaired) electrons. The third kappa shape index (κ3) is 3.80. The Morgan fingerprint density at radius 2 is 2.00 bits per heavy atom. The van der Waals surface area contributed by atoms with Crippen LogP contribution in [-0.2, 0) is 11.3 Å². The van der Waals surface area contributed by atoms with Crippen molar-refractivity contribution < 1.29 is 9.84 Å². The van der Waals surface area contributed by atoms with Crippen molar-refractivity contribution in [3.05, 3.63) is 35.4 Å². The fourth-order valence-electron chi connectivity index (χ4n) is 2.20. The Hall–Kier alpha value is -0.900. The van der Waals surface area contributed by atoms with Crippen LogP contribution in [0, 0.1) is 5.92 Å². The van der Waals surface area contributed by atoms with E-state index < -0.39 is 6.10 Å². The van der Waals surface area contributed by atoms with Gasteiger partial charge < -0.3 is 15.6 Å². The second-order valence-electron chi connectivity index (χ2n) is 5.12. The summed E-state index contributed by atoms with van der Waals surface area (Å²) in [6, 6.07) is 7.74. The van der Waals surface area contributed by atoms with E-state index in [0.29, 0.717) is 13.2 Å². The lowest BCUT2D eigenvalue weighted by Gasteiger charge is -2.25. The summed E-state index contributed by atoms with van der Waals surface area (Å²) in [5.41, 5.74) is 7.51. The molecule has 100 valence electrons. The first-order valence-corrected chi connectivity index (χ1v) is 6.84. The number of nitrogens with two attached hydrogens (primary N) is 1. The summed E-state index contributed by atoms with van der Waals surface area (Å²) in [5.74, 6) is 0.867. The van der Waals surface area contributed by atoms with E-state index >= 15 is 0 Å². The maximum Gasteiger partial charge on any atom is 0.102 e. The van der Waals surface area contributed by atoms with Gasteiger partial charge in [-0.25, -0.2) is 0 Å². The van der Waals surface area contributed by atoms with Crippen LogP contribution in [0.5, 0.6) is 0 Å². The lowest BCUT2D eigenvalue weighted by atomic mass is 9.83. The Morgan fingerprint density at radius 1 is 1.28 bits per heavy atom. The minimum atomic E-state index is -0.529. The van der Waals surface area contributed by atoms with Crippen LogP contribution in [0.4, 0.5) is 0 Å². The smallest absolute Gasteiger partial charge is 0.102 e. The Kier molecular flexibility index (Phi) is 5.17. The first-order chi connectivity index (χ1) is 8.79. The van der Waals surface area contributed by atoms with Crippen molar-refractivity contribution in [1.82, 2.24) is 0 Å². The number of hydrogen-bond donors (Lipinski definition) is 2. The fraction of sp³-hybridized carbons (Fsp3) is 0.600. The van der Waals surface area contributed by atoms with Crippen molar-refractivity contribution in [2.45, 2.75) is 38.3 Å². The van der Waals surface area contributed by atoms with E-state index in [1.165, 1.54) is 19.3 Å². The van der Waals surface area contributed by atoms with Crippen molar-refractivity contribution in [3.63, 3.8) is 0 Å².